The predicted octanol–water partition coefficient (Wildman–Crippen LogP) is 3.58. The van der Waals surface area contributed by atoms with Crippen LogP contribution in [-0.2, 0) is 0 Å². The molecule has 0 aliphatic heterocycles. The van der Waals surface area contributed by atoms with Gasteiger partial charge in [-0.15, -0.1) is 0 Å². The Hall–Kier alpha value is -2.14. The van der Waals surface area contributed by atoms with Gasteiger partial charge in [-0.2, -0.15) is 0 Å². The molecule has 1 aromatic carbocycles. The van der Waals surface area contributed by atoms with E-state index in [1.807, 2.05) is 24.3 Å². The van der Waals surface area contributed by atoms with Crippen LogP contribution in [-0.4, -0.2) is 15.9 Å². The number of H-pyrrole nitrogens is 1. The highest BCUT2D eigenvalue weighted by molar-refractivity contribution is 9.10. The molecule has 2 heterocycles. The summed E-state index contributed by atoms with van der Waals surface area (Å²) in [5.74, 6) is -0.179. The average Bonchev–Trinajstić information content (AvgIpc) is 2.86. The highest BCUT2D eigenvalue weighted by Crippen LogP contribution is 2.22. The van der Waals surface area contributed by atoms with Crippen molar-refractivity contribution in [2.24, 2.45) is 0 Å². The molecule has 0 radical (unpaired) electrons. The minimum absolute atomic E-state index is 0.179. The Morgan fingerprint density at radius 2 is 2.21 bits per heavy atom. The summed E-state index contributed by atoms with van der Waals surface area (Å²) in [6.45, 7) is 0. The molecule has 4 nitrogen and oxygen atoms in total. The van der Waals surface area contributed by atoms with Crippen LogP contribution in [0.1, 0.15) is 10.5 Å². The first-order valence-corrected chi connectivity index (χ1v) is 6.51. The van der Waals surface area contributed by atoms with E-state index < -0.39 is 0 Å². The largest absolute Gasteiger partial charge is 0.356 e. The molecule has 0 aliphatic rings. The quantitative estimate of drug-likeness (QED) is 0.759. The van der Waals surface area contributed by atoms with Crippen molar-refractivity contribution >= 4 is 38.3 Å². The molecule has 94 valence electrons. The summed E-state index contributed by atoms with van der Waals surface area (Å²) >= 11 is 3.30. The number of carbonyl (C=O) groups is 1. The number of hydrogen-bond acceptors (Lipinski definition) is 2. The van der Waals surface area contributed by atoms with Crippen molar-refractivity contribution in [2.75, 3.05) is 5.32 Å². The maximum Gasteiger partial charge on any atom is 0.272 e. The second kappa shape index (κ2) is 4.85. The Morgan fingerprint density at radius 1 is 1.32 bits per heavy atom. The van der Waals surface area contributed by atoms with Gasteiger partial charge in [0.1, 0.15) is 5.69 Å². The Kier molecular flexibility index (Phi) is 3.05. The summed E-state index contributed by atoms with van der Waals surface area (Å²) in [4.78, 5) is 19.1. The summed E-state index contributed by atoms with van der Waals surface area (Å²) in [6, 6.07) is 9.40. The Balaban J connectivity index is 1.95. The van der Waals surface area contributed by atoms with Gasteiger partial charge in [-0.05, 0) is 39.5 Å². The van der Waals surface area contributed by atoms with Gasteiger partial charge in [0.25, 0.3) is 5.91 Å². The smallest absolute Gasteiger partial charge is 0.272 e. The van der Waals surface area contributed by atoms with Crippen molar-refractivity contribution in [3.8, 4) is 0 Å². The topological polar surface area (TPSA) is 57.8 Å². The number of aromatic nitrogens is 2. The van der Waals surface area contributed by atoms with Gasteiger partial charge >= 0.3 is 0 Å². The summed E-state index contributed by atoms with van der Waals surface area (Å²) in [7, 11) is 0. The molecule has 5 heteroatoms. The molecule has 0 spiro atoms. The highest BCUT2D eigenvalue weighted by Gasteiger charge is 2.09. The molecule has 19 heavy (non-hydrogen) atoms. The number of anilines is 1. The molecule has 0 bridgehead atoms. The number of halogens is 1. The molecule has 0 saturated heterocycles. The standard InChI is InChI=1S/C14H10BrN3O/c15-10-6-13(17-7-10)14(19)18-12-3-1-2-9-4-5-16-8-11(9)12/h1-8,17H,(H,18,19). The van der Waals surface area contributed by atoms with Crippen LogP contribution in [0.3, 0.4) is 0 Å². The van der Waals surface area contributed by atoms with E-state index in [-0.39, 0.29) is 5.91 Å². The second-order valence-corrected chi connectivity index (χ2v) is 5.00. The fraction of sp³-hybridized carbons (Fsp3) is 0. The molecule has 2 N–H and O–H groups in total. The van der Waals surface area contributed by atoms with Gasteiger partial charge in [-0.3, -0.25) is 9.78 Å². The normalized spacial score (nSPS) is 10.6. The number of fused-ring (bicyclic) bond motifs is 1. The van der Waals surface area contributed by atoms with E-state index in [0.717, 1.165) is 20.9 Å². The van der Waals surface area contributed by atoms with Gasteiger partial charge in [-0.25, -0.2) is 0 Å². The van der Waals surface area contributed by atoms with Gasteiger partial charge in [0.15, 0.2) is 0 Å². The maximum atomic E-state index is 12.1. The summed E-state index contributed by atoms with van der Waals surface area (Å²) < 4.78 is 0.845. The van der Waals surface area contributed by atoms with Crippen LogP contribution in [0.2, 0.25) is 0 Å². The van der Waals surface area contributed by atoms with Crippen molar-refractivity contribution in [1.29, 1.82) is 0 Å². The molecular formula is C14H10BrN3O. The van der Waals surface area contributed by atoms with E-state index in [0.29, 0.717) is 5.69 Å². The Bertz CT molecular complexity index is 746. The van der Waals surface area contributed by atoms with E-state index in [1.165, 1.54) is 0 Å². The van der Waals surface area contributed by atoms with Crippen molar-refractivity contribution in [3.05, 3.63) is 59.1 Å². The number of hydrogen-bond donors (Lipinski definition) is 2. The van der Waals surface area contributed by atoms with E-state index >= 15 is 0 Å². The van der Waals surface area contributed by atoms with Crippen molar-refractivity contribution in [2.45, 2.75) is 0 Å². The van der Waals surface area contributed by atoms with Gasteiger partial charge in [0, 0.05) is 28.4 Å². The molecular weight excluding hydrogens is 306 g/mol. The van der Waals surface area contributed by atoms with Crippen LogP contribution in [0, 0.1) is 0 Å². The summed E-state index contributed by atoms with van der Waals surface area (Å²) in [5.41, 5.74) is 1.26. The van der Waals surface area contributed by atoms with Crippen LogP contribution < -0.4 is 5.32 Å². The first-order valence-electron chi connectivity index (χ1n) is 5.72. The number of benzene rings is 1. The third-order valence-corrected chi connectivity index (χ3v) is 3.28. The van der Waals surface area contributed by atoms with Gasteiger partial charge in [0.05, 0.1) is 5.69 Å². The number of amides is 1. The molecule has 1 amide bonds. The highest BCUT2D eigenvalue weighted by atomic mass is 79.9. The van der Waals surface area contributed by atoms with Crippen molar-refractivity contribution < 1.29 is 4.79 Å². The average molecular weight is 316 g/mol. The monoisotopic (exact) mass is 315 g/mol. The number of aromatic amines is 1. The molecule has 0 unspecified atom stereocenters. The number of nitrogens with one attached hydrogen (secondary N) is 2. The lowest BCUT2D eigenvalue weighted by Gasteiger charge is -2.07. The van der Waals surface area contributed by atoms with E-state index in [2.05, 4.69) is 31.2 Å². The van der Waals surface area contributed by atoms with Crippen LogP contribution in [0.25, 0.3) is 10.8 Å². The molecule has 3 rings (SSSR count). The van der Waals surface area contributed by atoms with Gasteiger partial charge in [-0.1, -0.05) is 12.1 Å². The molecule has 0 fully saturated rings. The van der Waals surface area contributed by atoms with Crippen LogP contribution in [0.4, 0.5) is 5.69 Å². The van der Waals surface area contributed by atoms with Crippen LogP contribution in [0.5, 0.6) is 0 Å². The zero-order valence-corrected chi connectivity index (χ0v) is 11.4. The first-order chi connectivity index (χ1) is 9.24. The molecule has 0 aliphatic carbocycles. The van der Waals surface area contributed by atoms with E-state index in [1.54, 1.807) is 24.7 Å². The third kappa shape index (κ3) is 2.37. The molecule has 0 atom stereocenters. The summed E-state index contributed by atoms with van der Waals surface area (Å²) in [5, 5.41) is 4.85. The van der Waals surface area contributed by atoms with E-state index in [9.17, 15) is 4.79 Å². The molecule has 3 aromatic rings. The number of pyridine rings is 1. The second-order valence-electron chi connectivity index (χ2n) is 4.09. The number of nitrogens with zero attached hydrogens (tertiary/aromatic N) is 1. The van der Waals surface area contributed by atoms with Crippen molar-refractivity contribution in [1.82, 2.24) is 9.97 Å². The van der Waals surface area contributed by atoms with Crippen molar-refractivity contribution in [3.63, 3.8) is 0 Å². The lowest BCUT2D eigenvalue weighted by atomic mass is 10.1. The minimum Gasteiger partial charge on any atom is -0.356 e. The lowest BCUT2D eigenvalue weighted by molar-refractivity contribution is 0.102. The zero-order valence-electron chi connectivity index (χ0n) is 9.85. The van der Waals surface area contributed by atoms with Crippen LogP contribution >= 0.6 is 15.9 Å². The number of carbonyl (C=O) groups excluding carboxylic acids is 1. The van der Waals surface area contributed by atoms with Gasteiger partial charge < -0.3 is 10.3 Å². The fourth-order valence-electron chi connectivity index (χ4n) is 1.91. The van der Waals surface area contributed by atoms with Gasteiger partial charge in [0.2, 0.25) is 0 Å². The fourth-order valence-corrected chi connectivity index (χ4v) is 2.25. The Labute approximate surface area is 118 Å². The summed E-state index contributed by atoms with van der Waals surface area (Å²) in [6.07, 6.45) is 5.20. The first kappa shape index (κ1) is 11.9. The number of rotatable bonds is 2. The third-order valence-electron chi connectivity index (χ3n) is 2.82. The molecule has 0 saturated carbocycles. The molecule has 2 aromatic heterocycles. The maximum absolute atomic E-state index is 12.1. The van der Waals surface area contributed by atoms with E-state index in [4.69, 9.17) is 0 Å². The zero-order chi connectivity index (χ0) is 13.2. The SMILES string of the molecule is O=C(Nc1cccc2ccncc12)c1cc(Br)c[nH]1. The predicted molar refractivity (Wildman–Crippen MR) is 78.2 cm³/mol. The lowest BCUT2D eigenvalue weighted by Crippen LogP contribution is -2.12. The minimum atomic E-state index is -0.179. The Morgan fingerprint density at radius 3 is 3.00 bits per heavy atom. The van der Waals surface area contributed by atoms with Crippen LogP contribution in [0.15, 0.2) is 53.4 Å².